The molecule has 1 aliphatic heterocycles. The van der Waals surface area contributed by atoms with E-state index in [0.717, 1.165) is 28.5 Å². The number of amides is 4. The number of urea groups is 1. The van der Waals surface area contributed by atoms with Crippen molar-refractivity contribution in [3.8, 4) is 0 Å². The predicted octanol–water partition coefficient (Wildman–Crippen LogP) is 2.57. The van der Waals surface area contributed by atoms with Gasteiger partial charge in [0.05, 0.1) is 0 Å². The largest absolute Gasteiger partial charge is 0.451 e. The van der Waals surface area contributed by atoms with Gasteiger partial charge in [0, 0.05) is 5.69 Å². The molecule has 2 aromatic rings. The lowest BCUT2D eigenvalue weighted by Crippen LogP contribution is -2.44. The number of ether oxygens (including phenoxy) is 1. The molecule has 30 heavy (non-hydrogen) atoms. The van der Waals surface area contributed by atoms with Crippen molar-refractivity contribution < 1.29 is 23.9 Å². The highest BCUT2D eigenvalue weighted by Crippen LogP contribution is 2.34. The first-order chi connectivity index (χ1) is 14.4. The summed E-state index contributed by atoms with van der Waals surface area (Å²) >= 11 is 0. The number of benzene rings is 2. The lowest BCUT2D eigenvalue weighted by atomic mass is 9.98. The highest BCUT2D eigenvalue weighted by atomic mass is 16.5. The van der Waals surface area contributed by atoms with Gasteiger partial charge in [0.25, 0.3) is 11.8 Å². The van der Waals surface area contributed by atoms with Crippen LogP contribution in [0.15, 0.2) is 42.5 Å². The van der Waals surface area contributed by atoms with Gasteiger partial charge in [0.2, 0.25) is 0 Å². The molecule has 1 saturated carbocycles. The third kappa shape index (κ3) is 3.72. The Morgan fingerprint density at radius 3 is 2.57 bits per heavy atom. The molecular weight excluding hydrogens is 386 g/mol. The Labute approximate surface area is 173 Å². The average molecular weight is 409 g/mol. The molecule has 8 heteroatoms. The second-order valence-corrected chi connectivity index (χ2v) is 7.79. The average Bonchev–Trinajstić information content (AvgIpc) is 3.28. The number of nitrogens with one attached hydrogen (secondary N) is 2. The SMILES string of the molecule is C[C@@H](OC(=O)CN1C(=O)NC2(CCCC2)C1=O)C(=O)Nc1ccc2ccccc2c1. The number of imide groups is 1. The monoisotopic (exact) mass is 409 g/mol. The molecule has 4 amide bonds. The van der Waals surface area contributed by atoms with Gasteiger partial charge < -0.3 is 15.4 Å². The van der Waals surface area contributed by atoms with E-state index in [1.54, 1.807) is 6.07 Å². The van der Waals surface area contributed by atoms with Crippen molar-refractivity contribution in [3.63, 3.8) is 0 Å². The third-order valence-electron chi connectivity index (χ3n) is 5.68. The van der Waals surface area contributed by atoms with Crippen LogP contribution in [0.1, 0.15) is 32.6 Å². The molecule has 2 aliphatic rings. The summed E-state index contributed by atoms with van der Waals surface area (Å²) in [4.78, 5) is 50.3. The molecule has 1 aliphatic carbocycles. The lowest BCUT2D eigenvalue weighted by molar-refractivity contribution is -0.155. The van der Waals surface area contributed by atoms with Gasteiger partial charge >= 0.3 is 12.0 Å². The first-order valence-corrected chi connectivity index (χ1v) is 10.0. The highest BCUT2D eigenvalue weighted by Gasteiger charge is 2.52. The molecular formula is C22H23N3O5. The van der Waals surface area contributed by atoms with E-state index in [4.69, 9.17) is 4.74 Å². The van der Waals surface area contributed by atoms with Crippen molar-refractivity contribution >= 4 is 40.3 Å². The molecule has 1 atom stereocenters. The summed E-state index contributed by atoms with van der Waals surface area (Å²) in [5.41, 5.74) is -0.296. The predicted molar refractivity (Wildman–Crippen MR) is 110 cm³/mol. The Morgan fingerprint density at radius 1 is 1.13 bits per heavy atom. The third-order valence-corrected chi connectivity index (χ3v) is 5.68. The van der Waals surface area contributed by atoms with E-state index in [1.165, 1.54) is 6.92 Å². The molecule has 1 heterocycles. The number of carbonyl (C=O) groups is 4. The van der Waals surface area contributed by atoms with Gasteiger partial charge in [-0.2, -0.15) is 0 Å². The first kappa shape index (κ1) is 19.9. The van der Waals surface area contributed by atoms with Crippen LogP contribution in [-0.2, 0) is 19.1 Å². The summed E-state index contributed by atoms with van der Waals surface area (Å²) < 4.78 is 5.16. The van der Waals surface area contributed by atoms with Gasteiger partial charge in [-0.3, -0.25) is 19.3 Å². The molecule has 2 aromatic carbocycles. The first-order valence-electron chi connectivity index (χ1n) is 10.0. The zero-order chi connectivity index (χ0) is 21.3. The van der Waals surface area contributed by atoms with Crippen LogP contribution in [-0.4, -0.2) is 46.9 Å². The summed E-state index contributed by atoms with van der Waals surface area (Å²) in [5, 5.41) is 7.44. The maximum atomic E-state index is 12.6. The Balaban J connectivity index is 1.34. The van der Waals surface area contributed by atoms with Crippen LogP contribution in [0.2, 0.25) is 0 Å². The van der Waals surface area contributed by atoms with Crippen molar-refractivity contribution in [1.29, 1.82) is 0 Å². The minimum atomic E-state index is -1.08. The van der Waals surface area contributed by atoms with Gasteiger partial charge in [0.15, 0.2) is 6.10 Å². The summed E-state index contributed by atoms with van der Waals surface area (Å²) in [5.74, 6) is -1.70. The molecule has 4 rings (SSSR count). The van der Waals surface area contributed by atoms with Crippen LogP contribution in [0.3, 0.4) is 0 Å². The fourth-order valence-corrected chi connectivity index (χ4v) is 4.07. The number of carbonyl (C=O) groups excluding carboxylic acids is 4. The second-order valence-electron chi connectivity index (χ2n) is 7.79. The summed E-state index contributed by atoms with van der Waals surface area (Å²) in [6.45, 7) is 0.929. The number of esters is 1. The van der Waals surface area contributed by atoms with E-state index in [-0.39, 0.29) is 0 Å². The van der Waals surface area contributed by atoms with Crippen LogP contribution < -0.4 is 10.6 Å². The zero-order valence-electron chi connectivity index (χ0n) is 16.6. The van der Waals surface area contributed by atoms with E-state index in [1.807, 2.05) is 36.4 Å². The fraction of sp³-hybridized carbons (Fsp3) is 0.364. The van der Waals surface area contributed by atoms with E-state index < -0.39 is 42.0 Å². The van der Waals surface area contributed by atoms with Gasteiger partial charge in [-0.25, -0.2) is 4.79 Å². The van der Waals surface area contributed by atoms with Crippen LogP contribution in [0.5, 0.6) is 0 Å². The minimum absolute atomic E-state index is 0.393. The smallest absolute Gasteiger partial charge is 0.327 e. The van der Waals surface area contributed by atoms with Gasteiger partial charge in [-0.1, -0.05) is 43.2 Å². The normalized spacial score (nSPS) is 18.5. The molecule has 1 spiro atoms. The lowest BCUT2D eigenvalue weighted by Gasteiger charge is -2.20. The Kier molecular flexibility index (Phi) is 5.15. The molecule has 0 aromatic heterocycles. The molecule has 0 radical (unpaired) electrons. The molecule has 1 saturated heterocycles. The zero-order valence-corrected chi connectivity index (χ0v) is 16.6. The molecule has 0 bridgehead atoms. The van der Waals surface area contributed by atoms with Gasteiger partial charge in [-0.15, -0.1) is 0 Å². The highest BCUT2D eigenvalue weighted by molar-refractivity contribution is 6.09. The second kappa shape index (κ2) is 7.78. The summed E-state index contributed by atoms with van der Waals surface area (Å²) in [6.07, 6.45) is 1.79. The van der Waals surface area contributed by atoms with Crippen LogP contribution in [0, 0.1) is 0 Å². The van der Waals surface area contributed by atoms with Crippen molar-refractivity contribution in [1.82, 2.24) is 10.2 Å². The molecule has 2 fully saturated rings. The van der Waals surface area contributed by atoms with Crippen LogP contribution in [0.25, 0.3) is 10.8 Å². The van der Waals surface area contributed by atoms with Gasteiger partial charge in [0.1, 0.15) is 12.1 Å². The minimum Gasteiger partial charge on any atom is -0.451 e. The summed E-state index contributed by atoms with van der Waals surface area (Å²) in [7, 11) is 0. The summed E-state index contributed by atoms with van der Waals surface area (Å²) in [6, 6.07) is 12.6. The van der Waals surface area contributed by atoms with Crippen molar-refractivity contribution in [2.24, 2.45) is 0 Å². The molecule has 156 valence electrons. The van der Waals surface area contributed by atoms with E-state index in [9.17, 15) is 19.2 Å². The number of fused-ring (bicyclic) bond motifs is 1. The Hall–Kier alpha value is -3.42. The van der Waals surface area contributed by atoms with Crippen molar-refractivity contribution in [2.75, 3.05) is 11.9 Å². The number of anilines is 1. The van der Waals surface area contributed by atoms with E-state index in [0.29, 0.717) is 18.5 Å². The topological polar surface area (TPSA) is 105 Å². The number of rotatable bonds is 5. The van der Waals surface area contributed by atoms with E-state index in [2.05, 4.69) is 10.6 Å². The van der Waals surface area contributed by atoms with Crippen molar-refractivity contribution in [3.05, 3.63) is 42.5 Å². The maximum absolute atomic E-state index is 12.6. The molecule has 2 N–H and O–H groups in total. The van der Waals surface area contributed by atoms with Crippen molar-refractivity contribution in [2.45, 2.75) is 44.2 Å². The number of hydrogen-bond donors (Lipinski definition) is 2. The van der Waals surface area contributed by atoms with Crippen LogP contribution >= 0.6 is 0 Å². The standard InChI is InChI=1S/C22H23N3O5/c1-14(19(27)23-17-9-8-15-6-2-3-7-16(15)12-17)30-18(26)13-25-20(28)22(24-21(25)29)10-4-5-11-22/h2-3,6-9,12,14H,4-5,10-11,13H2,1H3,(H,23,27)(H,24,29)/t14-/m1/s1. The molecule has 0 unspecified atom stereocenters. The van der Waals surface area contributed by atoms with E-state index >= 15 is 0 Å². The maximum Gasteiger partial charge on any atom is 0.327 e. The fourth-order valence-electron chi connectivity index (χ4n) is 4.07. The van der Waals surface area contributed by atoms with Crippen LogP contribution in [0.4, 0.5) is 10.5 Å². The number of hydrogen-bond acceptors (Lipinski definition) is 5. The molecule has 8 nitrogen and oxygen atoms in total. The Morgan fingerprint density at radius 2 is 1.83 bits per heavy atom. The number of nitrogens with zero attached hydrogens (tertiary/aromatic N) is 1. The Bertz CT molecular complexity index is 1030. The quantitative estimate of drug-likeness (QED) is 0.583. The van der Waals surface area contributed by atoms with Gasteiger partial charge in [-0.05, 0) is 42.7 Å².